The summed E-state index contributed by atoms with van der Waals surface area (Å²) in [5.41, 5.74) is 0.492. The highest BCUT2D eigenvalue weighted by atomic mass is 32.2. The van der Waals surface area contributed by atoms with Crippen LogP contribution in [-0.4, -0.2) is 38.9 Å². The molecule has 0 aromatic carbocycles. The molecule has 1 N–H and O–H groups in total. The molecule has 0 spiro atoms. The first-order chi connectivity index (χ1) is 8.97. The quantitative estimate of drug-likeness (QED) is 0.894. The Bertz CT molecular complexity index is 529. The maximum atomic E-state index is 11.8. The van der Waals surface area contributed by atoms with E-state index in [0.29, 0.717) is 18.7 Å². The van der Waals surface area contributed by atoms with Gasteiger partial charge >= 0.3 is 5.97 Å². The van der Waals surface area contributed by atoms with Crippen molar-refractivity contribution in [3.8, 4) is 0 Å². The molecule has 0 bridgehead atoms. The molecule has 1 saturated heterocycles. The van der Waals surface area contributed by atoms with Gasteiger partial charge in [-0.05, 0) is 12.1 Å². The number of amides is 1. The van der Waals surface area contributed by atoms with Crippen LogP contribution in [0, 0.1) is 0 Å². The highest BCUT2D eigenvalue weighted by Gasteiger charge is 2.32. The normalized spacial score (nSPS) is 18.7. The Balaban J connectivity index is 2.11. The van der Waals surface area contributed by atoms with Crippen LogP contribution < -0.4 is 4.90 Å². The van der Waals surface area contributed by atoms with Crippen LogP contribution in [-0.2, 0) is 9.59 Å². The van der Waals surface area contributed by atoms with Crippen LogP contribution in [0.2, 0.25) is 0 Å². The molecule has 1 fully saturated rings. The maximum absolute atomic E-state index is 11.8. The molecule has 0 saturated carbocycles. The molecule has 1 aliphatic heterocycles. The zero-order valence-electron chi connectivity index (χ0n) is 10.2. The van der Waals surface area contributed by atoms with Crippen molar-refractivity contribution in [2.45, 2.75) is 18.6 Å². The first kappa shape index (κ1) is 13.5. The van der Waals surface area contributed by atoms with E-state index < -0.39 is 5.97 Å². The number of aromatic nitrogens is 1. The van der Waals surface area contributed by atoms with Crippen LogP contribution in [0.4, 0.5) is 5.69 Å². The number of pyridine rings is 1. The SMILES string of the molecule is CC(=O)SC1CC(=O)N(c2ccc(C(=O)O)nc2)C1. The number of carbonyl (C=O) groups excluding carboxylic acids is 2. The number of aromatic carboxylic acids is 1. The molecular formula is C12H12N2O4S. The van der Waals surface area contributed by atoms with E-state index in [1.54, 1.807) is 6.07 Å². The third kappa shape index (κ3) is 3.11. The summed E-state index contributed by atoms with van der Waals surface area (Å²) >= 11 is 1.16. The van der Waals surface area contributed by atoms with E-state index in [9.17, 15) is 14.4 Å². The minimum absolute atomic E-state index is 0.0148. The molecular weight excluding hydrogens is 268 g/mol. The first-order valence-corrected chi connectivity index (χ1v) is 6.52. The van der Waals surface area contributed by atoms with Gasteiger partial charge in [-0.3, -0.25) is 9.59 Å². The van der Waals surface area contributed by atoms with Crippen molar-refractivity contribution in [3.63, 3.8) is 0 Å². The molecule has 1 aliphatic rings. The Labute approximate surface area is 113 Å². The van der Waals surface area contributed by atoms with E-state index in [2.05, 4.69) is 4.98 Å². The smallest absolute Gasteiger partial charge is 0.354 e. The third-order valence-corrected chi connectivity index (χ3v) is 3.68. The second-order valence-corrected chi connectivity index (χ2v) is 5.62. The fourth-order valence-corrected chi connectivity index (χ4v) is 2.83. The van der Waals surface area contributed by atoms with Gasteiger partial charge in [0.15, 0.2) is 5.12 Å². The summed E-state index contributed by atoms with van der Waals surface area (Å²) < 4.78 is 0. The third-order valence-electron chi connectivity index (χ3n) is 2.70. The molecule has 1 aromatic heterocycles. The lowest BCUT2D eigenvalue weighted by Crippen LogP contribution is -2.25. The molecule has 1 aromatic rings. The molecule has 0 radical (unpaired) electrons. The second-order valence-electron chi connectivity index (χ2n) is 4.15. The fraction of sp³-hybridized carbons (Fsp3) is 0.333. The highest BCUT2D eigenvalue weighted by Crippen LogP contribution is 2.28. The standard InChI is InChI=1S/C12H12N2O4S/c1-7(15)19-9-4-11(16)14(6-9)8-2-3-10(12(17)18)13-5-8/h2-3,5,9H,4,6H2,1H3,(H,17,18). The average Bonchev–Trinajstić information content (AvgIpc) is 2.69. The van der Waals surface area contributed by atoms with Crippen LogP contribution in [0.15, 0.2) is 18.3 Å². The van der Waals surface area contributed by atoms with Crippen molar-refractivity contribution >= 4 is 34.4 Å². The summed E-state index contributed by atoms with van der Waals surface area (Å²) in [5.74, 6) is -1.19. The molecule has 100 valence electrons. The number of thioether (sulfide) groups is 1. The monoisotopic (exact) mass is 280 g/mol. The van der Waals surface area contributed by atoms with E-state index in [0.717, 1.165) is 11.8 Å². The predicted molar refractivity (Wildman–Crippen MR) is 70.2 cm³/mol. The number of anilines is 1. The molecule has 2 rings (SSSR count). The van der Waals surface area contributed by atoms with Gasteiger partial charge in [0.25, 0.3) is 0 Å². The lowest BCUT2D eigenvalue weighted by Gasteiger charge is -2.15. The number of carbonyl (C=O) groups is 3. The Morgan fingerprint density at radius 1 is 1.47 bits per heavy atom. The van der Waals surface area contributed by atoms with Gasteiger partial charge in [0.2, 0.25) is 5.91 Å². The molecule has 19 heavy (non-hydrogen) atoms. The van der Waals surface area contributed by atoms with Gasteiger partial charge in [-0.25, -0.2) is 9.78 Å². The lowest BCUT2D eigenvalue weighted by atomic mass is 10.3. The van der Waals surface area contributed by atoms with Crippen molar-refractivity contribution in [2.24, 2.45) is 0 Å². The Morgan fingerprint density at radius 3 is 2.74 bits per heavy atom. The molecule has 7 heteroatoms. The zero-order valence-corrected chi connectivity index (χ0v) is 11.0. The van der Waals surface area contributed by atoms with Gasteiger partial charge in [-0.15, -0.1) is 0 Å². The molecule has 2 heterocycles. The van der Waals surface area contributed by atoms with Crippen LogP contribution in [0.3, 0.4) is 0 Å². The minimum atomic E-state index is -1.11. The number of hydrogen-bond donors (Lipinski definition) is 1. The summed E-state index contributed by atoms with van der Waals surface area (Å²) in [6.45, 7) is 1.91. The van der Waals surface area contributed by atoms with E-state index in [1.807, 2.05) is 0 Å². The molecule has 1 unspecified atom stereocenters. The van der Waals surface area contributed by atoms with Gasteiger partial charge in [0.05, 0.1) is 11.9 Å². The van der Waals surface area contributed by atoms with E-state index >= 15 is 0 Å². The van der Waals surface area contributed by atoms with Crippen LogP contribution >= 0.6 is 11.8 Å². The van der Waals surface area contributed by atoms with E-state index in [1.165, 1.54) is 24.1 Å². The van der Waals surface area contributed by atoms with Gasteiger partial charge in [-0.2, -0.15) is 0 Å². The van der Waals surface area contributed by atoms with Crippen LogP contribution in [0.25, 0.3) is 0 Å². The summed E-state index contributed by atoms with van der Waals surface area (Å²) in [7, 11) is 0. The predicted octanol–water partition coefficient (Wildman–Crippen LogP) is 1.16. The highest BCUT2D eigenvalue weighted by molar-refractivity contribution is 8.14. The second kappa shape index (κ2) is 5.40. The Hall–Kier alpha value is -1.89. The number of carboxylic acids is 1. The van der Waals surface area contributed by atoms with Crippen molar-refractivity contribution in [3.05, 3.63) is 24.0 Å². The molecule has 0 aliphatic carbocycles. The molecule has 1 amide bonds. The molecule has 1 atom stereocenters. The lowest BCUT2D eigenvalue weighted by molar-refractivity contribution is -0.117. The zero-order chi connectivity index (χ0) is 14.0. The average molecular weight is 280 g/mol. The van der Waals surface area contributed by atoms with Gasteiger partial charge in [0.1, 0.15) is 5.69 Å². The fourth-order valence-electron chi connectivity index (χ4n) is 1.91. The topological polar surface area (TPSA) is 87.6 Å². The minimum Gasteiger partial charge on any atom is -0.477 e. The summed E-state index contributed by atoms with van der Waals surface area (Å²) in [4.78, 5) is 38.9. The summed E-state index contributed by atoms with van der Waals surface area (Å²) in [6.07, 6.45) is 1.67. The van der Waals surface area contributed by atoms with Crippen LogP contribution in [0.5, 0.6) is 0 Å². The van der Waals surface area contributed by atoms with Gasteiger partial charge in [0, 0.05) is 25.1 Å². The van der Waals surface area contributed by atoms with Crippen molar-refractivity contribution < 1.29 is 19.5 Å². The van der Waals surface area contributed by atoms with Crippen LogP contribution in [0.1, 0.15) is 23.8 Å². The van der Waals surface area contributed by atoms with Gasteiger partial charge < -0.3 is 10.0 Å². The number of carboxylic acid groups (broad SMARTS) is 1. The number of rotatable bonds is 3. The summed E-state index contributed by atoms with van der Waals surface area (Å²) in [6, 6.07) is 2.91. The number of hydrogen-bond acceptors (Lipinski definition) is 5. The van der Waals surface area contributed by atoms with E-state index in [4.69, 9.17) is 5.11 Å². The molecule has 6 nitrogen and oxygen atoms in total. The van der Waals surface area contributed by atoms with Crippen molar-refractivity contribution in [1.82, 2.24) is 4.98 Å². The Morgan fingerprint density at radius 2 is 2.21 bits per heavy atom. The maximum Gasteiger partial charge on any atom is 0.354 e. The Kier molecular flexibility index (Phi) is 3.84. The number of nitrogens with zero attached hydrogens (tertiary/aromatic N) is 2. The van der Waals surface area contributed by atoms with Crippen molar-refractivity contribution in [1.29, 1.82) is 0 Å². The van der Waals surface area contributed by atoms with Gasteiger partial charge in [-0.1, -0.05) is 11.8 Å². The summed E-state index contributed by atoms with van der Waals surface area (Å²) in [5, 5.41) is 8.68. The first-order valence-electron chi connectivity index (χ1n) is 5.64. The van der Waals surface area contributed by atoms with E-state index in [-0.39, 0.29) is 22.0 Å². The van der Waals surface area contributed by atoms with Crippen molar-refractivity contribution in [2.75, 3.05) is 11.4 Å². The largest absolute Gasteiger partial charge is 0.477 e.